The van der Waals surface area contributed by atoms with E-state index >= 15 is 0 Å². The maximum Gasteiger partial charge on any atom is 0.0813 e. The Morgan fingerprint density at radius 3 is 2.56 bits per heavy atom. The van der Waals surface area contributed by atoms with Gasteiger partial charge in [-0.3, -0.25) is 0 Å². The van der Waals surface area contributed by atoms with Crippen molar-refractivity contribution in [1.29, 1.82) is 0 Å². The van der Waals surface area contributed by atoms with Crippen molar-refractivity contribution < 1.29 is 14.2 Å². The van der Waals surface area contributed by atoms with Crippen molar-refractivity contribution in [3.63, 3.8) is 0 Å². The van der Waals surface area contributed by atoms with Crippen LogP contribution in [0.3, 0.4) is 0 Å². The molecule has 0 aromatic rings. The van der Waals surface area contributed by atoms with E-state index in [9.17, 15) is 0 Å². The second kappa shape index (κ2) is 6.33. The van der Waals surface area contributed by atoms with Crippen LogP contribution < -0.4 is 5.32 Å². The third-order valence-corrected chi connectivity index (χ3v) is 4.04. The number of nitrogens with one attached hydrogen (secondary N) is 1. The highest BCUT2D eigenvalue weighted by Crippen LogP contribution is 2.23. The molecule has 2 heterocycles. The predicted octanol–water partition coefficient (Wildman–Crippen LogP) is 1.48. The zero-order valence-corrected chi connectivity index (χ0v) is 11.1. The van der Waals surface area contributed by atoms with Crippen LogP contribution in [-0.2, 0) is 14.2 Å². The molecule has 3 fully saturated rings. The van der Waals surface area contributed by atoms with E-state index in [2.05, 4.69) is 5.32 Å². The van der Waals surface area contributed by atoms with Crippen LogP contribution in [0.4, 0.5) is 0 Å². The smallest absolute Gasteiger partial charge is 0.0813 e. The van der Waals surface area contributed by atoms with E-state index in [1.54, 1.807) is 0 Å². The lowest BCUT2D eigenvalue weighted by Crippen LogP contribution is -2.29. The molecule has 0 aromatic heterocycles. The standard InChI is InChI=1S/C14H25NO3/c1-2-13(17-7-1)9-16-10-14-6-5-12(18-14)8-15-11-3-4-11/h11-15H,1-10H2. The monoisotopic (exact) mass is 255 g/mol. The fraction of sp³-hybridized carbons (Fsp3) is 1.00. The van der Waals surface area contributed by atoms with Gasteiger partial charge in [0.2, 0.25) is 0 Å². The molecule has 3 unspecified atom stereocenters. The molecule has 4 nitrogen and oxygen atoms in total. The van der Waals surface area contributed by atoms with E-state index in [0.29, 0.717) is 18.3 Å². The van der Waals surface area contributed by atoms with Crippen molar-refractivity contribution in [3.8, 4) is 0 Å². The van der Waals surface area contributed by atoms with E-state index in [1.807, 2.05) is 0 Å². The molecule has 1 saturated carbocycles. The summed E-state index contributed by atoms with van der Waals surface area (Å²) in [6.07, 6.45) is 8.39. The molecule has 3 rings (SSSR count). The third-order valence-electron chi connectivity index (χ3n) is 4.04. The molecule has 0 amide bonds. The Bertz CT molecular complexity index is 251. The van der Waals surface area contributed by atoms with Gasteiger partial charge in [-0.2, -0.15) is 0 Å². The Hall–Kier alpha value is -0.160. The topological polar surface area (TPSA) is 39.7 Å². The molecule has 3 aliphatic rings. The summed E-state index contributed by atoms with van der Waals surface area (Å²) >= 11 is 0. The minimum Gasteiger partial charge on any atom is -0.376 e. The van der Waals surface area contributed by atoms with Crippen molar-refractivity contribution in [3.05, 3.63) is 0 Å². The normalized spacial score (nSPS) is 36.3. The Morgan fingerprint density at radius 2 is 1.78 bits per heavy atom. The predicted molar refractivity (Wildman–Crippen MR) is 68.7 cm³/mol. The van der Waals surface area contributed by atoms with Gasteiger partial charge >= 0.3 is 0 Å². The molecule has 0 bridgehead atoms. The van der Waals surface area contributed by atoms with Crippen molar-refractivity contribution in [2.24, 2.45) is 0 Å². The van der Waals surface area contributed by atoms with Gasteiger partial charge < -0.3 is 19.5 Å². The van der Waals surface area contributed by atoms with Crippen LogP contribution in [0, 0.1) is 0 Å². The molecule has 104 valence electrons. The first-order valence-electron chi connectivity index (χ1n) is 7.48. The van der Waals surface area contributed by atoms with Crippen LogP contribution >= 0.6 is 0 Å². The molecule has 0 spiro atoms. The van der Waals surface area contributed by atoms with Crippen LogP contribution in [0.15, 0.2) is 0 Å². The third kappa shape index (κ3) is 3.92. The molecule has 0 radical (unpaired) electrons. The fourth-order valence-electron chi connectivity index (χ4n) is 2.75. The molecule has 0 aromatic carbocycles. The first-order chi connectivity index (χ1) is 8.90. The van der Waals surface area contributed by atoms with Gasteiger partial charge in [-0.25, -0.2) is 0 Å². The molecular formula is C14H25NO3. The lowest BCUT2D eigenvalue weighted by molar-refractivity contribution is -0.0407. The molecule has 1 aliphatic carbocycles. The molecule has 3 atom stereocenters. The van der Waals surface area contributed by atoms with Gasteiger partial charge in [0.05, 0.1) is 31.5 Å². The van der Waals surface area contributed by atoms with E-state index in [1.165, 1.54) is 25.7 Å². The number of ether oxygens (including phenoxy) is 3. The lowest BCUT2D eigenvalue weighted by Gasteiger charge is -2.16. The van der Waals surface area contributed by atoms with E-state index in [0.717, 1.165) is 45.2 Å². The largest absolute Gasteiger partial charge is 0.376 e. The average molecular weight is 255 g/mol. The quantitative estimate of drug-likeness (QED) is 0.748. The first-order valence-corrected chi connectivity index (χ1v) is 7.48. The van der Waals surface area contributed by atoms with Gasteiger partial charge in [0, 0.05) is 19.2 Å². The highest BCUT2D eigenvalue weighted by atomic mass is 16.6. The molecule has 18 heavy (non-hydrogen) atoms. The highest BCUT2D eigenvalue weighted by molar-refractivity contribution is 4.84. The number of rotatable bonds is 7. The van der Waals surface area contributed by atoms with Crippen LogP contribution in [0.25, 0.3) is 0 Å². The van der Waals surface area contributed by atoms with Crippen molar-refractivity contribution in [1.82, 2.24) is 5.32 Å². The summed E-state index contributed by atoms with van der Waals surface area (Å²) in [5.41, 5.74) is 0. The minimum atomic E-state index is 0.303. The van der Waals surface area contributed by atoms with Gasteiger partial charge in [-0.05, 0) is 38.5 Å². The van der Waals surface area contributed by atoms with Crippen molar-refractivity contribution >= 4 is 0 Å². The Labute approximate surface area is 109 Å². The highest BCUT2D eigenvalue weighted by Gasteiger charge is 2.28. The average Bonchev–Trinajstić information content (AvgIpc) is 2.89. The Balaban J connectivity index is 1.24. The summed E-state index contributed by atoms with van der Waals surface area (Å²) in [7, 11) is 0. The van der Waals surface area contributed by atoms with E-state index in [-0.39, 0.29) is 0 Å². The zero-order valence-electron chi connectivity index (χ0n) is 11.1. The summed E-state index contributed by atoms with van der Waals surface area (Å²) in [6, 6.07) is 0.781. The fourth-order valence-corrected chi connectivity index (χ4v) is 2.75. The molecule has 2 saturated heterocycles. The second-order valence-electron chi connectivity index (χ2n) is 5.81. The van der Waals surface area contributed by atoms with Gasteiger partial charge in [-0.15, -0.1) is 0 Å². The van der Waals surface area contributed by atoms with Gasteiger partial charge in [0.25, 0.3) is 0 Å². The molecule has 1 N–H and O–H groups in total. The summed E-state index contributed by atoms with van der Waals surface area (Å²) < 4.78 is 17.2. The molecule has 2 aliphatic heterocycles. The van der Waals surface area contributed by atoms with Crippen LogP contribution in [0.2, 0.25) is 0 Å². The van der Waals surface area contributed by atoms with Crippen LogP contribution in [-0.4, -0.2) is 50.7 Å². The second-order valence-corrected chi connectivity index (χ2v) is 5.81. The molecular weight excluding hydrogens is 230 g/mol. The number of hydrogen-bond donors (Lipinski definition) is 1. The van der Waals surface area contributed by atoms with Gasteiger partial charge in [0.15, 0.2) is 0 Å². The Morgan fingerprint density at radius 1 is 0.944 bits per heavy atom. The summed E-state index contributed by atoms with van der Waals surface area (Å²) in [5.74, 6) is 0. The summed E-state index contributed by atoms with van der Waals surface area (Å²) in [4.78, 5) is 0. The van der Waals surface area contributed by atoms with Crippen molar-refractivity contribution in [2.45, 2.75) is 62.9 Å². The van der Waals surface area contributed by atoms with Crippen LogP contribution in [0.1, 0.15) is 38.5 Å². The Kier molecular flexibility index (Phi) is 4.52. The minimum absolute atomic E-state index is 0.303. The van der Waals surface area contributed by atoms with Gasteiger partial charge in [0.1, 0.15) is 0 Å². The van der Waals surface area contributed by atoms with Crippen molar-refractivity contribution in [2.75, 3.05) is 26.4 Å². The van der Waals surface area contributed by atoms with E-state index in [4.69, 9.17) is 14.2 Å². The number of hydrogen-bond acceptors (Lipinski definition) is 4. The first kappa shape index (κ1) is 12.9. The zero-order chi connectivity index (χ0) is 12.2. The maximum atomic E-state index is 5.98. The van der Waals surface area contributed by atoms with Gasteiger partial charge in [-0.1, -0.05) is 0 Å². The maximum absolute atomic E-state index is 5.98. The molecule has 4 heteroatoms. The van der Waals surface area contributed by atoms with Crippen LogP contribution in [0.5, 0.6) is 0 Å². The SMILES string of the molecule is C1COC(COCC2CCC(CNC3CC3)O2)C1. The van der Waals surface area contributed by atoms with E-state index < -0.39 is 0 Å². The summed E-state index contributed by atoms with van der Waals surface area (Å²) in [5, 5.41) is 3.53. The summed E-state index contributed by atoms with van der Waals surface area (Å²) in [6.45, 7) is 3.40. The lowest BCUT2D eigenvalue weighted by atomic mass is 10.2.